The molecule has 96 valence electrons. The Balaban J connectivity index is 0.000000437. The molecule has 3 heteroatoms. The number of hydrogen-bond donors (Lipinski definition) is 0. The minimum Gasteiger partial charge on any atom is -0.199 e. The molecular formula is C14H25BIN. The van der Waals surface area contributed by atoms with Gasteiger partial charge in [-0.25, -0.2) is 0 Å². The molecule has 2 fully saturated rings. The minimum atomic E-state index is 1.01. The summed E-state index contributed by atoms with van der Waals surface area (Å²) in [6.45, 7) is 1.43. The van der Waals surface area contributed by atoms with Crippen LogP contribution in [0.3, 0.4) is 0 Å². The maximum Gasteiger partial charge on any atom is 0.224 e. The highest BCUT2D eigenvalue weighted by Crippen LogP contribution is 2.43. The maximum absolute atomic E-state index is 7.32. The van der Waals surface area contributed by atoms with Gasteiger partial charge < -0.3 is 0 Å². The fraction of sp³-hybridized carbons (Fsp3) is 0.929. The first kappa shape index (κ1) is 15.3. The molecule has 0 amide bonds. The molecule has 0 saturated heterocycles. The summed E-state index contributed by atoms with van der Waals surface area (Å²) in [5.74, 6) is 2.15. The molecule has 0 bridgehead atoms. The Bertz CT molecular complexity index is 209. The molecule has 2 rings (SSSR count). The quantitative estimate of drug-likeness (QED) is 0.471. The van der Waals surface area contributed by atoms with Gasteiger partial charge in [0.2, 0.25) is 4.57 Å². The van der Waals surface area contributed by atoms with E-state index < -0.39 is 0 Å². The fourth-order valence-corrected chi connectivity index (χ4v) is 4.73. The summed E-state index contributed by atoms with van der Waals surface area (Å²) in [5, 5.41) is 7.32. The van der Waals surface area contributed by atoms with Crippen molar-refractivity contribution in [3.8, 4) is 6.07 Å². The van der Waals surface area contributed by atoms with Crippen molar-refractivity contribution in [1.82, 2.24) is 0 Å². The summed E-state index contributed by atoms with van der Waals surface area (Å²) in [5.41, 5.74) is 0. The normalized spacial score (nSPS) is 22.2. The second-order valence-corrected chi connectivity index (χ2v) is 6.90. The van der Waals surface area contributed by atoms with Crippen LogP contribution in [0.4, 0.5) is 0 Å². The Kier molecular flexibility index (Phi) is 8.34. The Morgan fingerprint density at radius 1 is 0.882 bits per heavy atom. The monoisotopic (exact) mass is 345 g/mol. The molecule has 0 aromatic carbocycles. The molecule has 0 atom stereocenters. The molecule has 0 N–H and O–H groups in total. The highest BCUT2D eigenvalue weighted by molar-refractivity contribution is 14.1. The summed E-state index contributed by atoms with van der Waals surface area (Å²) in [6, 6.07) is 1.75. The zero-order valence-corrected chi connectivity index (χ0v) is 13.3. The van der Waals surface area contributed by atoms with Gasteiger partial charge in [0.15, 0.2) is 0 Å². The van der Waals surface area contributed by atoms with Crippen molar-refractivity contribution < 1.29 is 0 Å². The third-order valence-electron chi connectivity index (χ3n) is 4.20. The topological polar surface area (TPSA) is 23.8 Å². The number of hydrogen-bond acceptors (Lipinski definition) is 1. The van der Waals surface area contributed by atoms with Gasteiger partial charge in [-0.15, -0.1) is 22.4 Å². The van der Waals surface area contributed by atoms with Crippen molar-refractivity contribution in [2.75, 3.05) is 0 Å². The summed E-state index contributed by atoms with van der Waals surface area (Å²) in [4.78, 5) is 0. The maximum atomic E-state index is 7.32. The van der Waals surface area contributed by atoms with Gasteiger partial charge in [-0.1, -0.05) is 75.8 Å². The van der Waals surface area contributed by atoms with Gasteiger partial charge in [-0.05, 0) is 0 Å². The third kappa shape index (κ3) is 5.63. The summed E-state index contributed by atoms with van der Waals surface area (Å²) < 4.78 is 1.01. The molecule has 0 heterocycles. The third-order valence-corrected chi connectivity index (χ3v) is 6.23. The smallest absolute Gasteiger partial charge is 0.199 e. The zero-order chi connectivity index (χ0) is 12.5. The van der Waals surface area contributed by atoms with Crippen LogP contribution in [0.2, 0.25) is 11.6 Å². The van der Waals surface area contributed by atoms with Gasteiger partial charge in [-0.3, -0.25) is 0 Å². The van der Waals surface area contributed by atoms with Crippen LogP contribution in [0.5, 0.6) is 0 Å². The minimum absolute atomic E-state index is 1.01. The van der Waals surface area contributed by atoms with Crippen LogP contribution >= 0.6 is 22.4 Å². The second-order valence-electron chi connectivity index (χ2n) is 5.46. The highest BCUT2D eigenvalue weighted by atomic mass is 127. The van der Waals surface area contributed by atoms with Crippen molar-refractivity contribution in [1.29, 1.82) is 5.26 Å². The predicted octanol–water partition coefficient (Wildman–Crippen LogP) is 5.61. The lowest BCUT2D eigenvalue weighted by Crippen LogP contribution is -2.24. The van der Waals surface area contributed by atoms with Gasteiger partial charge in [0.1, 0.15) is 0 Å². The van der Waals surface area contributed by atoms with E-state index in [1.54, 1.807) is 6.07 Å². The highest BCUT2D eigenvalue weighted by Gasteiger charge is 2.32. The Hall–Kier alpha value is 0.285. The average Bonchev–Trinajstić information content (AvgIpc) is 2.41. The Morgan fingerprint density at radius 3 is 1.47 bits per heavy atom. The van der Waals surface area contributed by atoms with Crippen molar-refractivity contribution in [3.63, 3.8) is 0 Å². The number of halogens is 1. The average molecular weight is 345 g/mol. The lowest BCUT2D eigenvalue weighted by molar-refractivity contribution is 0.469. The SMILES string of the molecule is CC#N.IB(C1CCCCC1)C1CCCCC1. The summed E-state index contributed by atoms with van der Waals surface area (Å²) >= 11 is 2.78. The predicted molar refractivity (Wildman–Crippen MR) is 84.7 cm³/mol. The Labute approximate surface area is 121 Å². The van der Waals surface area contributed by atoms with Crippen LogP contribution in [0, 0.1) is 11.3 Å². The number of nitrogens with zero attached hydrogens (tertiary/aromatic N) is 1. The molecule has 0 aromatic rings. The van der Waals surface area contributed by atoms with Gasteiger partial charge in [0, 0.05) is 6.92 Å². The van der Waals surface area contributed by atoms with Gasteiger partial charge in [0.05, 0.1) is 6.07 Å². The summed E-state index contributed by atoms with van der Waals surface area (Å²) in [6.07, 6.45) is 15.2. The van der Waals surface area contributed by atoms with Crippen LogP contribution in [0.1, 0.15) is 71.1 Å². The van der Waals surface area contributed by atoms with E-state index in [2.05, 4.69) is 22.4 Å². The molecule has 0 spiro atoms. The first-order valence-corrected chi connectivity index (χ1v) is 8.49. The molecule has 0 aliphatic heterocycles. The van der Waals surface area contributed by atoms with E-state index in [-0.39, 0.29) is 0 Å². The first-order chi connectivity index (χ1) is 8.29. The zero-order valence-electron chi connectivity index (χ0n) is 11.1. The van der Waals surface area contributed by atoms with Crippen molar-refractivity contribution in [3.05, 3.63) is 0 Å². The number of nitriles is 1. The van der Waals surface area contributed by atoms with E-state index in [1.165, 1.54) is 71.1 Å². The summed E-state index contributed by atoms with van der Waals surface area (Å²) in [7, 11) is 0. The largest absolute Gasteiger partial charge is 0.224 e. The molecular weight excluding hydrogens is 320 g/mol. The van der Waals surface area contributed by atoms with Gasteiger partial charge in [-0.2, -0.15) is 5.26 Å². The lowest BCUT2D eigenvalue weighted by atomic mass is 9.48. The van der Waals surface area contributed by atoms with E-state index in [4.69, 9.17) is 5.26 Å². The molecule has 1 nitrogen and oxygen atoms in total. The van der Waals surface area contributed by atoms with E-state index in [9.17, 15) is 0 Å². The van der Waals surface area contributed by atoms with Crippen LogP contribution in [-0.4, -0.2) is 4.57 Å². The van der Waals surface area contributed by atoms with Crippen LogP contribution in [-0.2, 0) is 0 Å². The van der Waals surface area contributed by atoms with E-state index in [1.807, 2.05) is 0 Å². The molecule has 2 aliphatic carbocycles. The second kappa shape index (κ2) is 9.25. The van der Waals surface area contributed by atoms with E-state index in [0.717, 1.165) is 16.2 Å². The lowest BCUT2D eigenvalue weighted by Gasteiger charge is -2.32. The van der Waals surface area contributed by atoms with Crippen molar-refractivity contribution in [2.45, 2.75) is 82.8 Å². The molecule has 0 aromatic heterocycles. The van der Waals surface area contributed by atoms with E-state index >= 15 is 0 Å². The van der Waals surface area contributed by atoms with Gasteiger partial charge >= 0.3 is 0 Å². The molecule has 17 heavy (non-hydrogen) atoms. The fourth-order valence-electron chi connectivity index (χ4n) is 3.29. The van der Waals surface area contributed by atoms with Crippen LogP contribution in [0.15, 0.2) is 0 Å². The molecule has 0 radical (unpaired) electrons. The van der Waals surface area contributed by atoms with E-state index in [0.29, 0.717) is 0 Å². The van der Waals surface area contributed by atoms with Crippen molar-refractivity contribution >= 4 is 26.9 Å². The Morgan fingerprint density at radius 2 is 1.18 bits per heavy atom. The molecule has 2 aliphatic rings. The molecule has 0 unspecified atom stereocenters. The standard InChI is InChI=1S/C12H22BI.C2H3N/c14-13(11-7-3-1-4-8-11)12-9-5-2-6-10-12;1-2-3/h11-12H,1-10H2;1H3. The molecule has 2 saturated carbocycles. The van der Waals surface area contributed by atoms with Crippen molar-refractivity contribution in [2.24, 2.45) is 0 Å². The van der Waals surface area contributed by atoms with Crippen LogP contribution < -0.4 is 0 Å². The van der Waals surface area contributed by atoms with Crippen LogP contribution in [0.25, 0.3) is 0 Å². The number of rotatable bonds is 2. The van der Waals surface area contributed by atoms with Gasteiger partial charge in [0.25, 0.3) is 0 Å². The first-order valence-electron chi connectivity index (χ1n) is 7.24.